The minimum Gasteiger partial charge on any atom is -0.474 e. The first-order chi connectivity index (χ1) is 39.7. The fraction of sp³-hybridized carbons (Fsp3) is 0.595. The summed E-state index contributed by atoms with van der Waals surface area (Å²) in [4.78, 5) is 8.65. The van der Waals surface area contributed by atoms with E-state index < -0.39 is 0 Å². The molecule has 7 aliphatic carbocycles. The number of anilines is 4. The lowest BCUT2D eigenvalue weighted by atomic mass is 9.32. The molecule has 3 aromatic rings. The van der Waals surface area contributed by atoms with Gasteiger partial charge in [0.15, 0.2) is 6.23 Å². The van der Waals surface area contributed by atoms with Gasteiger partial charge in [-0.25, -0.2) is 0 Å². The number of benzene rings is 3. The molecule has 5 aliphatic heterocycles. The van der Waals surface area contributed by atoms with Crippen LogP contribution in [0.3, 0.4) is 0 Å². The second-order valence-corrected chi connectivity index (χ2v) is 34.2. The van der Waals surface area contributed by atoms with Gasteiger partial charge in [-0.1, -0.05) is 200 Å². The second-order valence-electron chi connectivity index (χ2n) is 34.2. The van der Waals surface area contributed by atoms with Gasteiger partial charge in [-0.15, -0.1) is 0 Å². The van der Waals surface area contributed by atoms with Crippen molar-refractivity contribution >= 4 is 40.4 Å². The molecule has 11 atom stereocenters. The smallest absolute Gasteiger partial charge is 0.251 e. The maximum atomic E-state index is 7.26. The molecule has 84 heavy (non-hydrogen) atoms. The number of hydrogen-bond acceptors (Lipinski definition) is 4. The quantitative estimate of drug-likeness (QED) is 0.187. The van der Waals surface area contributed by atoms with Crippen molar-refractivity contribution in [3.05, 3.63) is 153 Å². The van der Waals surface area contributed by atoms with Crippen molar-refractivity contribution in [2.24, 2.45) is 50.7 Å². The Hall–Kier alpha value is -4.90. The lowest BCUT2D eigenvalue weighted by Gasteiger charge is -2.52. The lowest BCUT2D eigenvalue weighted by molar-refractivity contribution is 0.0699. The summed E-state index contributed by atoms with van der Waals surface area (Å²) in [6, 6.07) is 23.9. The predicted molar refractivity (Wildman–Crippen MR) is 355 cm³/mol. The molecule has 4 fully saturated rings. The van der Waals surface area contributed by atoms with Crippen molar-refractivity contribution in [3.8, 4) is 0 Å². The molecule has 12 aliphatic rings. The van der Waals surface area contributed by atoms with Gasteiger partial charge in [0.05, 0.1) is 5.92 Å². The Morgan fingerprint density at radius 2 is 1.51 bits per heavy atom. The summed E-state index contributed by atoms with van der Waals surface area (Å²) in [6.45, 7) is 41.1. The average molecular weight is 1120 g/mol. The molecule has 11 unspecified atom stereocenters. The van der Waals surface area contributed by atoms with E-state index in [1.807, 2.05) is 0 Å². The predicted octanol–water partition coefficient (Wildman–Crippen LogP) is 19.4. The van der Waals surface area contributed by atoms with Crippen LogP contribution in [0.1, 0.15) is 236 Å². The highest BCUT2D eigenvalue weighted by molar-refractivity contribution is 6.94. The van der Waals surface area contributed by atoms with Gasteiger partial charge in [-0.3, -0.25) is 0 Å². The van der Waals surface area contributed by atoms with Crippen molar-refractivity contribution in [1.29, 1.82) is 0 Å². The molecule has 0 spiro atoms. The number of allylic oxidation sites excluding steroid dienone is 12. The number of fused-ring (bicyclic) bond motifs is 13. The van der Waals surface area contributed by atoms with E-state index in [1.165, 1.54) is 152 Å². The molecule has 2 saturated carbocycles. The van der Waals surface area contributed by atoms with Crippen molar-refractivity contribution in [2.75, 3.05) is 14.7 Å². The number of rotatable bonds is 5. The summed E-state index contributed by atoms with van der Waals surface area (Å²) in [6.07, 6.45) is 34.9. The molecule has 5 heterocycles. The van der Waals surface area contributed by atoms with Gasteiger partial charge < -0.3 is 19.4 Å². The normalized spacial score (nSPS) is 35.8. The minimum atomic E-state index is -0.0217. The first kappa shape index (κ1) is 55.7. The second kappa shape index (κ2) is 18.3. The van der Waals surface area contributed by atoms with Crippen LogP contribution in [-0.2, 0) is 15.6 Å². The summed E-state index contributed by atoms with van der Waals surface area (Å²) in [5, 5.41) is 0. The Balaban J connectivity index is 0.911. The molecule has 442 valence electrons. The van der Waals surface area contributed by atoms with E-state index in [0.717, 1.165) is 12.8 Å². The third-order valence-electron chi connectivity index (χ3n) is 26.6. The summed E-state index contributed by atoms with van der Waals surface area (Å²) in [7, 11) is 0. The monoisotopic (exact) mass is 1120 g/mol. The van der Waals surface area contributed by atoms with Crippen LogP contribution in [-0.4, -0.2) is 24.5 Å². The molecular formula is C79H102BN3O. The van der Waals surface area contributed by atoms with Crippen molar-refractivity contribution < 1.29 is 4.74 Å². The van der Waals surface area contributed by atoms with Crippen molar-refractivity contribution in [1.82, 2.24) is 0 Å². The van der Waals surface area contributed by atoms with Gasteiger partial charge in [0.2, 0.25) is 0 Å². The Bertz CT molecular complexity index is 3540. The molecule has 0 amide bonds. The minimum absolute atomic E-state index is 0.000784. The average Bonchev–Trinajstić information content (AvgIpc) is 1.41. The van der Waals surface area contributed by atoms with E-state index in [9.17, 15) is 0 Å². The van der Waals surface area contributed by atoms with Crippen LogP contribution >= 0.6 is 0 Å². The van der Waals surface area contributed by atoms with Crippen LogP contribution in [0.15, 0.2) is 136 Å². The summed E-state index contributed by atoms with van der Waals surface area (Å²) in [5.41, 5.74) is 25.4. The van der Waals surface area contributed by atoms with E-state index in [2.05, 4.69) is 217 Å². The van der Waals surface area contributed by atoms with Gasteiger partial charge in [0.1, 0.15) is 5.76 Å². The fourth-order valence-corrected chi connectivity index (χ4v) is 21.4. The first-order valence-corrected chi connectivity index (χ1v) is 34.1. The SMILES string of the molecule is CC1=C(C2(C)CCCCC2(C)C)C=C(C(C)(C)C)C(CC2(C)CCC(C)(C)c3ccc(N4C5=CC(C)CC6=C5B(c5ccc(N7C8CCC(C(C)(C)C)=CC8C8(C)CCCCC78C)cc54)c4cccc5c4N6C4OC6=CC=CCC6C54)cc32)C1. The van der Waals surface area contributed by atoms with Crippen molar-refractivity contribution in [3.63, 3.8) is 0 Å². The third kappa shape index (κ3) is 7.68. The number of hydrogen-bond donors (Lipinski definition) is 0. The Labute approximate surface area is 508 Å². The molecule has 15 rings (SSSR count). The molecule has 0 aromatic heterocycles. The van der Waals surface area contributed by atoms with E-state index in [-0.39, 0.29) is 56.4 Å². The van der Waals surface area contributed by atoms with Crippen molar-refractivity contribution in [2.45, 2.75) is 248 Å². The first-order valence-electron chi connectivity index (χ1n) is 34.1. The van der Waals surface area contributed by atoms with Crippen LogP contribution in [0.25, 0.3) is 0 Å². The van der Waals surface area contributed by atoms with Crippen LogP contribution in [0.2, 0.25) is 0 Å². The van der Waals surface area contributed by atoms with E-state index in [0.29, 0.717) is 35.6 Å². The van der Waals surface area contributed by atoms with Gasteiger partial charge in [-0.05, 0) is 210 Å². The van der Waals surface area contributed by atoms with Gasteiger partial charge in [0, 0.05) is 57.6 Å². The molecule has 0 bridgehead atoms. The molecule has 2 saturated heterocycles. The van der Waals surface area contributed by atoms with Crippen LogP contribution in [0.5, 0.6) is 0 Å². The number of nitrogens with zero attached hydrogens (tertiary/aromatic N) is 3. The highest BCUT2D eigenvalue weighted by Crippen LogP contribution is 2.66. The lowest BCUT2D eigenvalue weighted by Crippen LogP contribution is -2.58. The Morgan fingerprint density at radius 1 is 0.750 bits per heavy atom. The highest BCUT2D eigenvalue weighted by atomic mass is 16.5. The largest absolute Gasteiger partial charge is 0.474 e. The third-order valence-corrected chi connectivity index (χ3v) is 26.6. The fourth-order valence-electron chi connectivity index (χ4n) is 21.4. The zero-order valence-electron chi connectivity index (χ0n) is 54.8. The summed E-state index contributed by atoms with van der Waals surface area (Å²) < 4.78 is 7.26. The zero-order chi connectivity index (χ0) is 58.8. The molecule has 0 N–H and O–H groups in total. The topological polar surface area (TPSA) is 19.0 Å². The summed E-state index contributed by atoms with van der Waals surface area (Å²) in [5.74, 6) is 3.27. The molecule has 5 heteroatoms. The van der Waals surface area contributed by atoms with E-state index >= 15 is 0 Å². The maximum Gasteiger partial charge on any atom is 0.251 e. The Kier molecular flexibility index (Phi) is 12.2. The maximum absolute atomic E-state index is 7.26. The molecule has 4 nitrogen and oxygen atoms in total. The van der Waals surface area contributed by atoms with Gasteiger partial charge >= 0.3 is 0 Å². The van der Waals surface area contributed by atoms with Gasteiger partial charge in [-0.2, -0.15) is 0 Å². The van der Waals surface area contributed by atoms with Gasteiger partial charge in [0.25, 0.3) is 6.71 Å². The van der Waals surface area contributed by atoms with Crippen LogP contribution < -0.4 is 25.6 Å². The Morgan fingerprint density at radius 3 is 2.29 bits per heavy atom. The molecule has 3 aromatic carbocycles. The summed E-state index contributed by atoms with van der Waals surface area (Å²) >= 11 is 0. The highest BCUT2D eigenvalue weighted by Gasteiger charge is 2.65. The number of para-hydroxylation sites is 1. The standard InChI is InChI=1S/C79H102BN3O/c1-48-40-65-69-66(41-48)82-70-55(68-54-24-17-18-27-67(54)84-71(68)82)25-23-26-62(70)80(69)61-32-30-53(83-63-33-28-51(72(3,4)5)43-60(63)78(15)36-21-22-37-79(78,83)16)45-64(61)81(65)52-29-31-56-59(44-52)76(13,39-38-74(56,9)10)47-50-42-49(2)57(46-58(50)73(6,7)8)77(14)35-20-19-34-75(77,11)12/h17-18,23,25-27,29-32,40,43-46,48,50,54,60,63,68,71H,19-22,24,28,33-39,41-42,47H2,1-16H3. The molecular weight excluding hydrogens is 1020 g/mol. The van der Waals surface area contributed by atoms with Crippen LogP contribution in [0.4, 0.5) is 22.7 Å². The molecule has 0 radical (unpaired) electrons. The van der Waals surface area contributed by atoms with E-state index in [4.69, 9.17) is 4.74 Å². The number of ether oxygens (including phenoxy) is 1. The zero-order valence-corrected chi connectivity index (χ0v) is 54.8. The van der Waals surface area contributed by atoms with Crippen LogP contribution in [0, 0.1) is 50.7 Å². The van der Waals surface area contributed by atoms with E-state index in [1.54, 1.807) is 33.4 Å².